The van der Waals surface area contributed by atoms with E-state index < -0.39 is 23.0 Å². The van der Waals surface area contributed by atoms with Crippen LogP contribution in [0.1, 0.15) is 19.4 Å². The Hall–Kier alpha value is -1.65. The number of halogens is 2. The largest absolute Gasteiger partial charge is 0.494 e. The summed E-state index contributed by atoms with van der Waals surface area (Å²) in [7, 11) is 1.27. The molecule has 94 valence electrons. The van der Waals surface area contributed by atoms with Crippen LogP contribution >= 0.6 is 0 Å². The topological polar surface area (TPSA) is 46.5 Å². The van der Waals surface area contributed by atoms with Gasteiger partial charge in [0.1, 0.15) is 5.82 Å². The Balaban J connectivity index is 3.11. The normalized spacial score (nSPS) is 11.4. The van der Waals surface area contributed by atoms with Gasteiger partial charge in [0.15, 0.2) is 11.6 Å². The Morgan fingerprint density at radius 1 is 1.35 bits per heavy atom. The minimum Gasteiger partial charge on any atom is -0.494 e. The zero-order valence-corrected chi connectivity index (χ0v) is 9.88. The molecule has 5 heteroatoms. The molecule has 0 aliphatic rings. The Morgan fingerprint density at radius 2 is 1.94 bits per heavy atom. The van der Waals surface area contributed by atoms with Crippen LogP contribution in [-0.2, 0) is 11.2 Å². The Morgan fingerprint density at radius 3 is 2.41 bits per heavy atom. The highest BCUT2D eigenvalue weighted by atomic mass is 19.1. The Bertz CT molecular complexity index is 442. The van der Waals surface area contributed by atoms with Crippen molar-refractivity contribution in [2.24, 2.45) is 5.41 Å². The first-order valence-corrected chi connectivity index (χ1v) is 5.03. The third kappa shape index (κ3) is 2.93. The number of hydrogen-bond acceptors (Lipinski definition) is 2. The molecular weight excluding hydrogens is 230 g/mol. The third-order valence-corrected chi connectivity index (χ3v) is 2.53. The van der Waals surface area contributed by atoms with Gasteiger partial charge < -0.3 is 9.84 Å². The van der Waals surface area contributed by atoms with Crippen LogP contribution in [0.2, 0.25) is 0 Å². The van der Waals surface area contributed by atoms with E-state index in [4.69, 9.17) is 9.84 Å². The van der Waals surface area contributed by atoms with Gasteiger partial charge in [-0.25, -0.2) is 8.78 Å². The van der Waals surface area contributed by atoms with E-state index >= 15 is 0 Å². The number of carboxylic acid groups (broad SMARTS) is 1. The summed E-state index contributed by atoms with van der Waals surface area (Å²) in [4.78, 5) is 10.9. The van der Waals surface area contributed by atoms with E-state index in [0.29, 0.717) is 6.07 Å². The molecule has 0 unspecified atom stereocenters. The molecule has 0 bridgehead atoms. The lowest BCUT2D eigenvalue weighted by Crippen LogP contribution is -2.26. The van der Waals surface area contributed by atoms with Gasteiger partial charge in [0.2, 0.25) is 0 Å². The van der Waals surface area contributed by atoms with Gasteiger partial charge in [0.25, 0.3) is 0 Å². The van der Waals surface area contributed by atoms with Gasteiger partial charge in [-0.2, -0.15) is 0 Å². The average Bonchev–Trinajstić information content (AvgIpc) is 2.21. The molecule has 0 radical (unpaired) electrons. The SMILES string of the molecule is COc1cc(CC(C)(C)C(=O)O)c(F)cc1F. The first-order valence-electron chi connectivity index (χ1n) is 5.03. The molecule has 0 atom stereocenters. The van der Waals surface area contributed by atoms with Gasteiger partial charge in [-0.3, -0.25) is 4.79 Å². The molecular formula is C12H14F2O3. The lowest BCUT2D eigenvalue weighted by atomic mass is 9.85. The Labute approximate surface area is 98.0 Å². The zero-order chi connectivity index (χ0) is 13.2. The highest BCUT2D eigenvalue weighted by molar-refractivity contribution is 5.74. The molecule has 0 saturated heterocycles. The van der Waals surface area contributed by atoms with Crippen LogP contribution in [0, 0.1) is 17.0 Å². The van der Waals surface area contributed by atoms with Crippen LogP contribution < -0.4 is 4.74 Å². The molecule has 3 nitrogen and oxygen atoms in total. The first kappa shape index (κ1) is 13.4. The van der Waals surface area contributed by atoms with E-state index in [0.717, 1.165) is 0 Å². The van der Waals surface area contributed by atoms with Crippen LogP contribution in [-0.4, -0.2) is 18.2 Å². The van der Waals surface area contributed by atoms with E-state index in [-0.39, 0.29) is 17.7 Å². The van der Waals surface area contributed by atoms with Gasteiger partial charge in [0.05, 0.1) is 12.5 Å². The van der Waals surface area contributed by atoms with Crippen molar-refractivity contribution in [3.8, 4) is 5.75 Å². The van der Waals surface area contributed by atoms with Crippen LogP contribution in [0.3, 0.4) is 0 Å². The highest BCUT2D eigenvalue weighted by Crippen LogP contribution is 2.28. The summed E-state index contributed by atoms with van der Waals surface area (Å²) < 4.78 is 31.3. The van der Waals surface area contributed by atoms with Gasteiger partial charge in [0, 0.05) is 6.07 Å². The van der Waals surface area contributed by atoms with E-state index in [9.17, 15) is 13.6 Å². The molecule has 0 heterocycles. The fourth-order valence-electron chi connectivity index (χ4n) is 1.41. The number of methoxy groups -OCH3 is 1. The van der Waals surface area contributed by atoms with E-state index in [2.05, 4.69) is 0 Å². The molecule has 0 spiro atoms. The van der Waals surface area contributed by atoms with Crippen molar-refractivity contribution in [1.29, 1.82) is 0 Å². The van der Waals surface area contributed by atoms with Gasteiger partial charge in [-0.15, -0.1) is 0 Å². The fraction of sp³-hybridized carbons (Fsp3) is 0.417. The summed E-state index contributed by atoms with van der Waals surface area (Å²) >= 11 is 0. The van der Waals surface area contributed by atoms with Crippen molar-refractivity contribution in [2.45, 2.75) is 20.3 Å². The number of ether oxygens (including phenoxy) is 1. The predicted octanol–water partition coefficient (Wildman–Crippen LogP) is 2.63. The van der Waals surface area contributed by atoms with Crippen molar-refractivity contribution >= 4 is 5.97 Å². The van der Waals surface area contributed by atoms with Crippen molar-refractivity contribution in [3.05, 3.63) is 29.3 Å². The summed E-state index contributed by atoms with van der Waals surface area (Å²) in [6, 6.07) is 1.89. The number of hydrogen-bond donors (Lipinski definition) is 1. The molecule has 0 aliphatic heterocycles. The maximum atomic E-state index is 13.5. The number of carboxylic acids is 1. The van der Waals surface area contributed by atoms with Crippen molar-refractivity contribution in [2.75, 3.05) is 7.11 Å². The van der Waals surface area contributed by atoms with Gasteiger partial charge in [-0.1, -0.05) is 0 Å². The summed E-state index contributed by atoms with van der Waals surface area (Å²) in [5.41, 5.74) is -1.00. The van der Waals surface area contributed by atoms with Crippen LogP contribution in [0.25, 0.3) is 0 Å². The highest BCUT2D eigenvalue weighted by Gasteiger charge is 2.29. The minimum absolute atomic E-state index is 0.0369. The lowest BCUT2D eigenvalue weighted by molar-refractivity contribution is -0.146. The monoisotopic (exact) mass is 244 g/mol. The maximum absolute atomic E-state index is 13.5. The Kier molecular flexibility index (Phi) is 3.70. The zero-order valence-electron chi connectivity index (χ0n) is 9.88. The summed E-state index contributed by atoms with van der Waals surface area (Å²) in [5.74, 6) is -2.71. The number of rotatable bonds is 4. The maximum Gasteiger partial charge on any atom is 0.309 e. The molecule has 0 saturated carbocycles. The first-order chi connectivity index (χ1) is 7.77. The molecule has 0 amide bonds. The standard InChI is InChI=1S/C12H14F2O3/c1-12(2,11(15)16)6-7-4-10(17-3)9(14)5-8(7)13/h4-5H,6H2,1-3H3,(H,15,16). The minimum atomic E-state index is -1.12. The predicted molar refractivity (Wildman–Crippen MR) is 58.0 cm³/mol. The number of aliphatic carboxylic acids is 1. The van der Waals surface area contributed by atoms with Crippen molar-refractivity contribution in [1.82, 2.24) is 0 Å². The third-order valence-electron chi connectivity index (χ3n) is 2.53. The molecule has 1 aromatic rings. The van der Waals surface area contributed by atoms with Crippen LogP contribution in [0.4, 0.5) is 8.78 Å². The summed E-state index contributed by atoms with van der Waals surface area (Å²) in [6.45, 7) is 2.95. The fourth-order valence-corrected chi connectivity index (χ4v) is 1.41. The van der Waals surface area contributed by atoms with Gasteiger partial charge in [-0.05, 0) is 31.9 Å². The second kappa shape index (κ2) is 4.69. The molecule has 0 aliphatic carbocycles. The second-order valence-electron chi connectivity index (χ2n) is 4.44. The molecule has 1 rings (SSSR count). The average molecular weight is 244 g/mol. The number of carbonyl (C=O) groups is 1. The van der Waals surface area contributed by atoms with Crippen molar-refractivity contribution in [3.63, 3.8) is 0 Å². The van der Waals surface area contributed by atoms with E-state index in [1.807, 2.05) is 0 Å². The number of benzene rings is 1. The van der Waals surface area contributed by atoms with Crippen LogP contribution in [0.15, 0.2) is 12.1 Å². The van der Waals surface area contributed by atoms with Gasteiger partial charge >= 0.3 is 5.97 Å². The quantitative estimate of drug-likeness (QED) is 0.885. The molecule has 1 N–H and O–H groups in total. The lowest BCUT2D eigenvalue weighted by Gasteiger charge is -2.19. The van der Waals surface area contributed by atoms with Crippen molar-refractivity contribution < 1.29 is 23.4 Å². The van der Waals surface area contributed by atoms with E-state index in [1.165, 1.54) is 27.0 Å². The molecule has 0 fully saturated rings. The van der Waals surface area contributed by atoms with E-state index in [1.54, 1.807) is 0 Å². The summed E-state index contributed by atoms with van der Waals surface area (Å²) in [5, 5.41) is 8.95. The molecule has 17 heavy (non-hydrogen) atoms. The molecule has 1 aromatic carbocycles. The summed E-state index contributed by atoms with van der Waals surface area (Å²) in [6.07, 6.45) is -0.0369. The second-order valence-corrected chi connectivity index (χ2v) is 4.44. The van der Waals surface area contributed by atoms with Crippen LogP contribution in [0.5, 0.6) is 5.75 Å². The molecule has 0 aromatic heterocycles. The smallest absolute Gasteiger partial charge is 0.309 e.